The van der Waals surface area contributed by atoms with Gasteiger partial charge in [0.25, 0.3) is 5.56 Å². The minimum absolute atomic E-state index is 0.108. The third-order valence-corrected chi connectivity index (χ3v) is 3.47. The first kappa shape index (κ1) is 15.3. The van der Waals surface area contributed by atoms with E-state index < -0.39 is 0 Å². The molecular formula is C17H23N3O. The van der Waals surface area contributed by atoms with Crippen LogP contribution in [0.25, 0.3) is 0 Å². The van der Waals surface area contributed by atoms with Gasteiger partial charge in [-0.3, -0.25) is 4.79 Å². The van der Waals surface area contributed by atoms with E-state index in [-0.39, 0.29) is 11.1 Å². The lowest BCUT2D eigenvalue weighted by atomic mass is 9.95. The summed E-state index contributed by atoms with van der Waals surface area (Å²) >= 11 is 0. The highest BCUT2D eigenvalue weighted by Crippen LogP contribution is 2.18. The van der Waals surface area contributed by atoms with E-state index >= 15 is 0 Å². The average Bonchev–Trinajstić information content (AvgIpc) is 2.45. The molecule has 1 aromatic heterocycles. The molecule has 0 amide bonds. The number of aryl methyl sites for hydroxylation is 2. The molecule has 2 rings (SSSR count). The normalized spacial score (nSPS) is 11.4. The zero-order chi connectivity index (χ0) is 15.3. The summed E-state index contributed by atoms with van der Waals surface area (Å²) in [4.78, 5) is 18.8. The number of aromatic amines is 1. The predicted molar refractivity (Wildman–Crippen MR) is 86.7 cm³/mol. The molecule has 4 heteroatoms. The van der Waals surface area contributed by atoms with Crippen molar-refractivity contribution >= 4 is 5.82 Å². The Bertz CT molecular complexity index is 632. The van der Waals surface area contributed by atoms with Gasteiger partial charge in [0.15, 0.2) is 0 Å². The molecule has 0 saturated heterocycles. The van der Waals surface area contributed by atoms with Crippen LogP contribution in [-0.2, 0) is 12.8 Å². The molecule has 0 aliphatic heterocycles. The van der Waals surface area contributed by atoms with Gasteiger partial charge in [-0.2, -0.15) is 0 Å². The number of benzene rings is 1. The molecule has 4 nitrogen and oxygen atoms in total. The SMILES string of the molecule is CCc1nc(NC(C)(C)CCc2ccccc2)cc(=O)[nH]1. The highest BCUT2D eigenvalue weighted by Gasteiger charge is 2.18. The van der Waals surface area contributed by atoms with Crippen LogP contribution in [0.2, 0.25) is 0 Å². The van der Waals surface area contributed by atoms with Crippen LogP contribution in [0, 0.1) is 0 Å². The van der Waals surface area contributed by atoms with Crippen LogP contribution in [-0.4, -0.2) is 15.5 Å². The molecule has 2 aromatic rings. The molecule has 0 spiro atoms. The molecule has 1 heterocycles. The number of H-pyrrole nitrogens is 1. The molecule has 2 N–H and O–H groups in total. The maximum absolute atomic E-state index is 11.6. The molecule has 21 heavy (non-hydrogen) atoms. The van der Waals surface area contributed by atoms with Gasteiger partial charge in [0.05, 0.1) is 0 Å². The Morgan fingerprint density at radius 2 is 1.95 bits per heavy atom. The topological polar surface area (TPSA) is 57.8 Å². The zero-order valence-electron chi connectivity index (χ0n) is 12.9. The van der Waals surface area contributed by atoms with Gasteiger partial charge < -0.3 is 10.3 Å². The number of rotatable bonds is 6. The summed E-state index contributed by atoms with van der Waals surface area (Å²) in [6, 6.07) is 11.9. The maximum atomic E-state index is 11.6. The van der Waals surface area contributed by atoms with Crippen molar-refractivity contribution in [3.8, 4) is 0 Å². The summed E-state index contributed by atoms with van der Waals surface area (Å²) in [6.07, 6.45) is 2.67. The fourth-order valence-electron chi connectivity index (χ4n) is 2.25. The standard InChI is InChI=1S/C17H23N3O/c1-4-14-18-15(12-16(21)19-14)20-17(2,3)11-10-13-8-6-5-7-9-13/h5-9,12H,4,10-11H2,1-3H3,(H2,18,19,20,21). The van der Waals surface area contributed by atoms with Gasteiger partial charge in [-0.15, -0.1) is 0 Å². The highest BCUT2D eigenvalue weighted by molar-refractivity contribution is 5.36. The summed E-state index contributed by atoms with van der Waals surface area (Å²) < 4.78 is 0. The lowest BCUT2D eigenvalue weighted by Gasteiger charge is -2.27. The van der Waals surface area contributed by atoms with E-state index in [1.807, 2.05) is 13.0 Å². The first-order chi connectivity index (χ1) is 9.98. The van der Waals surface area contributed by atoms with Gasteiger partial charge in [0.1, 0.15) is 11.6 Å². The van der Waals surface area contributed by atoms with Crippen molar-refractivity contribution < 1.29 is 0 Å². The number of anilines is 1. The Kier molecular flexibility index (Phi) is 4.78. The Morgan fingerprint density at radius 1 is 1.24 bits per heavy atom. The second-order valence-corrected chi connectivity index (χ2v) is 5.93. The second-order valence-electron chi connectivity index (χ2n) is 5.93. The van der Waals surface area contributed by atoms with Gasteiger partial charge in [0.2, 0.25) is 0 Å². The highest BCUT2D eigenvalue weighted by atomic mass is 16.1. The molecule has 0 bridgehead atoms. The van der Waals surface area contributed by atoms with Crippen molar-refractivity contribution in [1.82, 2.24) is 9.97 Å². The van der Waals surface area contributed by atoms with E-state index in [9.17, 15) is 4.79 Å². The van der Waals surface area contributed by atoms with Gasteiger partial charge in [-0.05, 0) is 32.3 Å². The molecular weight excluding hydrogens is 262 g/mol. The Labute approximate surface area is 125 Å². The molecule has 0 radical (unpaired) electrons. The molecule has 0 saturated carbocycles. The molecule has 1 aromatic carbocycles. The molecule has 0 fully saturated rings. The van der Waals surface area contributed by atoms with Crippen LogP contribution in [0.15, 0.2) is 41.2 Å². The third kappa shape index (κ3) is 4.74. The monoisotopic (exact) mass is 285 g/mol. The quantitative estimate of drug-likeness (QED) is 0.857. The van der Waals surface area contributed by atoms with Gasteiger partial charge in [0, 0.05) is 18.0 Å². The number of aromatic nitrogens is 2. The number of nitrogens with zero attached hydrogens (tertiary/aromatic N) is 1. The molecule has 0 aliphatic rings. The van der Waals surface area contributed by atoms with Crippen molar-refractivity contribution in [2.75, 3.05) is 5.32 Å². The minimum atomic E-state index is -0.123. The fourth-order valence-corrected chi connectivity index (χ4v) is 2.25. The van der Waals surface area contributed by atoms with Crippen LogP contribution in [0.4, 0.5) is 5.82 Å². The first-order valence-electron chi connectivity index (χ1n) is 7.41. The molecule has 0 unspecified atom stereocenters. The number of hydrogen-bond donors (Lipinski definition) is 2. The van der Waals surface area contributed by atoms with Gasteiger partial charge >= 0.3 is 0 Å². The number of hydrogen-bond acceptors (Lipinski definition) is 3. The smallest absolute Gasteiger partial charge is 0.252 e. The van der Waals surface area contributed by atoms with Crippen LogP contribution >= 0.6 is 0 Å². The molecule has 112 valence electrons. The van der Waals surface area contributed by atoms with Crippen molar-refractivity contribution in [1.29, 1.82) is 0 Å². The molecule has 0 atom stereocenters. The lowest BCUT2D eigenvalue weighted by molar-refractivity contribution is 0.516. The predicted octanol–water partition coefficient (Wildman–Crippen LogP) is 3.16. The van der Waals surface area contributed by atoms with Gasteiger partial charge in [-0.1, -0.05) is 37.3 Å². The Morgan fingerprint density at radius 3 is 2.62 bits per heavy atom. The van der Waals surface area contributed by atoms with Crippen molar-refractivity contribution in [2.45, 2.75) is 45.6 Å². The van der Waals surface area contributed by atoms with E-state index in [0.717, 1.165) is 19.3 Å². The lowest BCUT2D eigenvalue weighted by Crippen LogP contribution is -2.32. The van der Waals surface area contributed by atoms with Crippen molar-refractivity contribution in [3.63, 3.8) is 0 Å². The van der Waals surface area contributed by atoms with Crippen molar-refractivity contribution in [3.05, 3.63) is 58.1 Å². The summed E-state index contributed by atoms with van der Waals surface area (Å²) in [5, 5.41) is 3.37. The maximum Gasteiger partial charge on any atom is 0.252 e. The van der Waals surface area contributed by atoms with Crippen LogP contribution < -0.4 is 10.9 Å². The zero-order valence-corrected chi connectivity index (χ0v) is 12.9. The average molecular weight is 285 g/mol. The Hall–Kier alpha value is -2.10. The Balaban J connectivity index is 2.03. The van der Waals surface area contributed by atoms with Crippen molar-refractivity contribution in [2.24, 2.45) is 0 Å². The second kappa shape index (κ2) is 6.57. The van der Waals surface area contributed by atoms with Crippen LogP contribution in [0.1, 0.15) is 38.6 Å². The van der Waals surface area contributed by atoms with Crippen LogP contribution in [0.3, 0.4) is 0 Å². The van der Waals surface area contributed by atoms with E-state index in [1.54, 1.807) is 0 Å². The summed E-state index contributed by atoms with van der Waals surface area (Å²) in [6.45, 7) is 6.23. The fraction of sp³-hybridized carbons (Fsp3) is 0.412. The summed E-state index contributed by atoms with van der Waals surface area (Å²) in [5.41, 5.74) is 1.09. The summed E-state index contributed by atoms with van der Waals surface area (Å²) in [5.74, 6) is 1.36. The molecule has 0 aliphatic carbocycles. The van der Waals surface area contributed by atoms with Crippen LogP contribution in [0.5, 0.6) is 0 Å². The van der Waals surface area contributed by atoms with E-state index in [0.29, 0.717) is 11.6 Å². The van der Waals surface area contributed by atoms with E-state index in [4.69, 9.17) is 0 Å². The van der Waals surface area contributed by atoms with Gasteiger partial charge in [-0.25, -0.2) is 4.98 Å². The minimum Gasteiger partial charge on any atom is -0.365 e. The third-order valence-electron chi connectivity index (χ3n) is 3.47. The largest absolute Gasteiger partial charge is 0.365 e. The van der Waals surface area contributed by atoms with E-state index in [1.165, 1.54) is 11.6 Å². The number of nitrogens with one attached hydrogen (secondary N) is 2. The summed E-state index contributed by atoms with van der Waals surface area (Å²) in [7, 11) is 0. The van der Waals surface area contributed by atoms with E-state index in [2.05, 4.69) is 53.4 Å². The first-order valence-corrected chi connectivity index (χ1v) is 7.41.